The van der Waals surface area contributed by atoms with E-state index in [1.807, 2.05) is 7.05 Å². The first-order valence-corrected chi connectivity index (χ1v) is 5.25. The van der Waals surface area contributed by atoms with E-state index in [-0.39, 0.29) is 6.04 Å². The van der Waals surface area contributed by atoms with Crippen molar-refractivity contribution >= 4 is 0 Å². The molecule has 0 saturated carbocycles. The lowest BCUT2D eigenvalue weighted by atomic mass is 10.2. The van der Waals surface area contributed by atoms with Gasteiger partial charge in [0.05, 0.1) is 19.3 Å². The van der Waals surface area contributed by atoms with E-state index in [1.54, 1.807) is 0 Å². The van der Waals surface area contributed by atoms with Crippen LogP contribution in [-0.4, -0.2) is 49.8 Å². The van der Waals surface area contributed by atoms with Gasteiger partial charge in [0, 0.05) is 18.6 Å². The summed E-state index contributed by atoms with van der Waals surface area (Å²) in [5, 5.41) is 11.9. The van der Waals surface area contributed by atoms with Crippen molar-refractivity contribution in [2.45, 2.75) is 31.0 Å². The summed E-state index contributed by atoms with van der Waals surface area (Å²) in [4.78, 5) is 2.44. The second-order valence-electron chi connectivity index (χ2n) is 4.09. The van der Waals surface area contributed by atoms with Gasteiger partial charge in [-0.05, 0) is 19.9 Å². The molecular weight excluding hydrogens is 178 g/mol. The third-order valence-corrected chi connectivity index (χ3v) is 3.29. The van der Waals surface area contributed by atoms with Crippen LogP contribution in [0.25, 0.3) is 0 Å². The van der Waals surface area contributed by atoms with Gasteiger partial charge in [-0.3, -0.25) is 4.90 Å². The fourth-order valence-electron chi connectivity index (χ4n) is 2.42. The molecule has 0 radical (unpaired) electrons. The minimum atomic E-state index is -0.0452. The van der Waals surface area contributed by atoms with Gasteiger partial charge >= 0.3 is 0 Å². The van der Waals surface area contributed by atoms with Gasteiger partial charge in [0.1, 0.15) is 6.04 Å². The highest BCUT2D eigenvalue weighted by atomic mass is 16.5. The largest absolute Gasteiger partial charge is 0.378 e. The number of nitrogens with one attached hydrogen (secondary N) is 1. The van der Waals surface area contributed by atoms with Gasteiger partial charge in [0.25, 0.3) is 0 Å². The van der Waals surface area contributed by atoms with Crippen LogP contribution in [0.4, 0.5) is 0 Å². The van der Waals surface area contributed by atoms with E-state index in [0.29, 0.717) is 12.1 Å². The summed E-state index contributed by atoms with van der Waals surface area (Å²) in [6.07, 6.45) is 2.46. The van der Waals surface area contributed by atoms with E-state index in [2.05, 4.69) is 16.3 Å². The molecule has 2 saturated heterocycles. The van der Waals surface area contributed by atoms with Crippen LogP contribution >= 0.6 is 0 Å². The average molecular weight is 195 g/mol. The molecular formula is C10H17N3O. The number of ether oxygens (including phenoxy) is 1. The molecule has 1 N–H and O–H groups in total. The van der Waals surface area contributed by atoms with Crippen molar-refractivity contribution in [3.8, 4) is 6.07 Å². The lowest BCUT2D eigenvalue weighted by Gasteiger charge is -2.35. The van der Waals surface area contributed by atoms with Gasteiger partial charge in [0.15, 0.2) is 0 Å². The Balaban J connectivity index is 1.95. The monoisotopic (exact) mass is 195 g/mol. The fourth-order valence-corrected chi connectivity index (χ4v) is 2.42. The van der Waals surface area contributed by atoms with E-state index in [4.69, 9.17) is 10.00 Å². The number of nitrogens with zero attached hydrogens (tertiary/aromatic N) is 2. The molecule has 0 aromatic rings. The Kier molecular flexibility index (Phi) is 3.02. The zero-order valence-corrected chi connectivity index (χ0v) is 8.57. The molecule has 0 aromatic carbocycles. The molecule has 4 heteroatoms. The van der Waals surface area contributed by atoms with Crippen molar-refractivity contribution in [2.75, 3.05) is 26.8 Å². The first-order valence-electron chi connectivity index (χ1n) is 5.25. The number of fused-ring (bicyclic) bond motifs is 2. The van der Waals surface area contributed by atoms with E-state index in [0.717, 1.165) is 19.8 Å². The minimum absolute atomic E-state index is 0.0452. The van der Waals surface area contributed by atoms with E-state index in [1.165, 1.54) is 12.8 Å². The third-order valence-electron chi connectivity index (χ3n) is 3.29. The van der Waals surface area contributed by atoms with Crippen molar-refractivity contribution in [1.82, 2.24) is 10.2 Å². The molecule has 0 aliphatic carbocycles. The smallest absolute Gasteiger partial charge is 0.108 e. The normalized spacial score (nSPS) is 34.0. The Hall–Kier alpha value is -0.630. The first kappa shape index (κ1) is 9.91. The van der Waals surface area contributed by atoms with E-state index < -0.39 is 0 Å². The topological polar surface area (TPSA) is 48.3 Å². The van der Waals surface area contributed by atoms with Crippen molar-refractivity contribution in [2.24, 2.45) is 0 Å². The summed E-state index contributed by atoms with van der Waals surface area (Å²) in [5.41, 5.74) is 0. The van der Waals surface area contributed by atoms with Crippen LogP contribution in [0, 0.1) is 11.3 Å². The van der Waals surface area contributed by atoms with Crippen molar-refractivity contribution in [3.63, 3.8) is 0 Å². The molecule has 2 aliphatic rings. The van der Waals surface area contributed by atoms with Crippen molar-refractivity contribution < 1.29 is 4.74 Å². The molecule has 4 nitrogen and oxygen atoms in total. The number of rotatable bonds is 3. The number of likely N-dealkylation sites (N-methyl/N-ethyl adjacent to an activating group) is 1. The quantitative estimate of drug-likeness (QED) is 0.686. The predicted octanol–water partition coefficient (Wildman–Crippen LogP) is -0.0388. The fraction of sp³-hybridized carbons (Fsp3) is 0.900. The molecule has 78 valence electrons. The number of morpholine rings is 1. The first-order chi connectivity index (χ1) is 6.85. The maximum atomic E-state index is 8.88. The molecule has 2 bridgehead atoms. The van der Waals surface area contributed by atoms with E-state index >= 15 is 0 Å². The molecule has 3 atom stereocenters. The van der Waals surface area contributed by atoms with Gasteiger partial charge < -0.3 is 10.1 Å². The van der Waals surface area contributed by atoms with Crippen LogP contribution in [0.2, 0.25) is 0 Å². The third kappa shape index (κ3) is 1.76. The predicted molar refractivity (Wildman–Crippen MR) is 52.8 cm³/mol. The Labute approximate surface area is 84.8 Å². The highest BCUT2D eigenvalue weighted by molar-refractivity contribution is 4.98. The summed E-state index contributed by atoms with van der Waals surface area (Å²) >= 11 is 0. The average Bonchev–Trinajstić information content (AvgIpc) is 2.46. The van der Waals surface area contributed by atoms with Gasteiger partial charge in [-0.2, -0.15) is 5.26 Å². The highest BCUT2D eigenvalue weighted by Gasteiger charge is 2.37. The van der Waals surface area contributed by atoms with Gasteiger partial charge in [-0.1, -0.05) is 0 Å². The van der Waals surface area contributed by atoms with Gasteiger partial charge in [-0.15, -0.1) is 0 Å². The highest BCUT2D eigenvalue weighted by Crippen LogP contribution is 2.28. The number of nitriles is 1. The Morgan fingerprint density at radius 2 is 2.14 bits per heavy atom. The van der Waals surface area contributed by atoms with Crippen LogP contribution in [-0.2, 0) is 4.74 Å². The second-order valence-corrected chi connectivity index (χ2v) is 4.09. The Bertz CT molecular complexity index is 222. The van der Waals surface area contributed by atoms with Crippen LogP contribution in [0.15, 0.2) is 0 Å². The van der Waals surface area contributed by atoms with Gasteiger partial charge in [-0.25, -0.2) is 0 Å². The Morgan fingerprint density at radius 3 is 2.64 bits per heavy atom. The van der Waals surface area contributed by atoms with Crippen molar-refractivity contribution in [1.29, 1.82) is 5.26 Å². The minimum Gasteiger partial charge on any atom is -0.378 e. The molecule has 14 heavy (non-hydrogen) atoms. The van der Waals surface area contributed by atoms with Crippen LogP contribution in [0.1, 0.15) is 12.8 Å². The molecule has 0 spiro atoms. The van der Waals surface area contributed by atoms with Crippen LogP contribution in [0.3, 0.4) is 0 Å². The zero-order chi connectivity index (χ0) is 9.97. The second kappa shape index (κ2) is 4.26. The maximum Gasteiger partial charge on any atom is 0.108 e. The lowest BCUT2D eigenvalue weighted by molar-refractivity contribution is -0.0159. The Morgan fingerprint density at radius 1 is 1.50 bits per heavy atom. The standard InChI is InChI=1S/C10H17N3O/c1-12-8(4-11)5-13-9-2-3-10(13)7-14-6-9/h8-10,12H,2-3,5-7H2,1H3. The summed E-state index contributed by atoms with van der Waals surface area (Å²) in [6.45, 7) is 2.53. The molecule has 3 unspecified atom stereocenters. The van der Waals surface area contributed by atoms with Crippen molar-refractivity contribution in [3.05, 3.63) is 0 Å². The summed E-state index contributed by atoms with van der Waals surface area (Å²) < 4.78 is 5.49. The summed E-state index contributed by atoms with van der Waals surface area (Å²) in [5.74, 6) is 0. The molecule has 2 heterocycles. The van der Waals surface area contributed by atoms with Crippen LogP contribution in [0.5, 0.6) is 0 Å². The molecule has 0 aromatic heterocycles. The van der Waals surface area contributed by atoms with Gasteiger partial charge in [0.2, 0.25) is 0 Å². The molecule has 2 rings (SSSR count). The summed E-state index contributed by atoms with van der Waals surface area (Å²) in [7, 11) is 1.84. The number of hydrogen-bond donors (Lipinski definition) is 1. The molecule has 2 fully saturated rings. The number of hydrogen-bond acceptors (Lipinski definition) is 4. The van der Waals surface area contributed by atoms with E-state index in [9.17, 15) is 0 Å². The SMILES string of the molecule is CNC(C#N)CN1C2CCC1COC2. The molecule has 2 aliphatic heterocycles. The maximum absolute atomic E-state index is 8.88. The zero-order valence-electron chi connectivity index (χ0n) is 8.57. The van der Waals surface area contributed by atoms with Crippen LogP contribution < -0.4 is 5.32 Å². The summed E-state index contributed by atoms with van der Waals surface area (Å²) in [6, 6.07) is 3.34. The lowest BCUT2D eigenvalue weighted by Crippen LogP contribution is -2.50. The molecule has 0 amide bonds.